The van der Waals surface area contributed by atoms with Gasteiger partial charge in [0.05, 0.1) is 29.4 Å². The summed E-state index contributed by atoms with van der Waals surface area (Å²) in [6.45, 7) is 4.52. The molecule has 0 aromatic heterocycles. The van der Waals surface area contributed by atoms with Crippen molar-refractivity contribution in [3.8, 4) is 11.1 Å². The predicted molar refractivity (Wildman–Crippen MR) is 130 cm³/mol. The second kappa shape index (κ2) is 7.87. The summed E-state index contributed by atoms with van der Waals surface area (Å²) in [6, 6.07) is 11.7. The van der Waals surface area contributed by atoms with Crippen LogP contribution in [0.1, 0.15) is 38.7 Å². The Morgan fingerprint density at radius 1 is 0.970 bits per heavy atom. The first kappa shape index (κ1) is 21.9. The summed E-state index contributed by atoms with van der Waals surface area (Å²) < 4.78 is 25.9. The number of benzene rings is 2. The van der Waals surface area contributed by atoms with Crippen LogP contribution in [0.15, 0.2) is 36.4 Å². The SMILES string of the molecule is CC(=O)N1c2ccc(-c3ccc4c(c3)CCCN4S(C)(=O)=O)cc2N(C(=O)C2CC2)C[C@@H]1C. The summed E-state index contributed by atoms with van der Waals surface area (Å²) in [5.41, 5.74) is 5.20. The molecule has 0 radical (unpaired) electrons. The van der Waals surface area contributed by atoms with Crippen LogP contribution >= 0.6 is 0 Å². The van der Waals surface area contributed by atoms with E-state index in [0.29, 0.717) is 13.1 Å². The molecule has 8 heteroatoms. The van der Waals surface area contributed by atoms with Gasteiger partial charge in [-0.15, -0.1) is 0 Å². The maximum atomic E-state index is 13.1. The van der Waals surface area contributed by atoms with Gasteiger partial charge in [0.25, 0.3) is 0 Å². The molecule has 2 amide bonds. The van der Waals surface area contributed by atoms with Gasteiger partial charge < -0.3 is 9.80 Å². The van der Waals surface area contributed by atoms with Gasteiger partial charge in [0.2, 0.25) is 21.8 Å². The number of nitrogens with zero attached hydrogens (tertiary/aromatic N) is 3. The van der Waals surface area contributed by atoms with Gasteiger partial charge in [0.15, 0.2) is 0 Å². The van der Waals surface area contributed by atoms with Crippen LogP contribution in [0.2, 0.25) is 0 Å². The molecule has 7 nitrogen and oxygen atoms in total. The first-order valence-corrected chi connectivity index (χ1v) is 13.4. The Kier molecular flexibility index (Phi) is 5.23. The highest BCUT2D eigenvalue weighted by atomic mass is 32.2. The fourth-order valence-corrected chi connectivity index (χ4v) is 6.13. The Labute approximate surface area is 195 Å². The zero-order chi connectivity index (χ0) is 23.5. The standard InChI is InChI=1S/C25H29N3O4S/c1-16-15-26(25(30)18-6-7-18)24-14-20(9-11-23(24)28(16)17(2)29)19-8-10-22-21(13-19)5-4-12-27(22)33(3,31)32/h8-11,13-14,16,18H,4-7,12,15H2,1-3H3/t16-/m0/s1. The predicted octanol–water partition coefficient (Wildman–Crippen LogP) is 3.56. The highest BCUT2D eigenvalue weighted by Gasteiger charge is 2.39. The molecule has 1 atom stereocenters. The maximum absolute atomic E-state index is 13.1. The molecule has 1 fully saturated rings. The van der Waals surface area contributed by atoms with Crippen LogP contribution in [0.3, 0.4) is 0 Å². The number of carbonyl (C=O) groups excluding carboxylic acids is 2. The Morgan fingerprint density at radius 2 is 1.64 bits per heavy atom. The lowest BCUT2D eigenvalue weighted by Crippen LogP contribution is -2.51. The van der Waals surface area contributed by atoms with E-state index in [9.17, 15) is 18.0 Å². The van der Waals surface area contributed by atoms with E-state index < -0.39 is 10.0 Å². The van der Waals surface area contributed by atoms with Crippen molar-refractivity contribution < 1.29 is 18.0 Å². The third-order valence-corrected chi connectivity index (χ3v) is 8.01. The van der Waals surface area contributed by atoms with Gasteiger partial charge in [-0.1, -0.05) is 12.1 Å². The minimum Gasteiger partial charge on any atom is -0.308 e. The minimum atomic E-state index is -3.32. The largest absolute Gasteiger partial charge is 0.308 e. The van der Waals surface area contributed by atoms with Gasteiger partial charge in [-0.05, 0) is 73.6 Å². The zero-order valence-corrected chi connectivity index (χ0v) is 20.1. The minimum absolute atomic E-state index is 0.0373. The Bertz CT molecular complexity index is 1250. The molecular formula is C25H29N3O4S. The lowest BCUT2D eigenvalue weighted by atomic mass is 9.95. The molecular weight excluding hydrogens is 438 g/mol. The number of anilines is 3. The summed E-state index contributed by atoms with van der Waals surface area (Å²) in [7, 11) is -3.32. The monoisotopic (exact) mass is 467 g/mol. The summed E-state index contributed by atoms with van der Waals surface area (Å²) >= 11 is 0. The molecule has 2 aromatic carbocycles. The molecule has 0 unspecified atom stereocenters. The number of hydrogen-bond acceptors (Lipinski definition) is 4. The summed E-state index contributed by atoms with van der Waals surface area (Å²) in [5.74, 6) is 0.186. The molecule has 1 saturated carbocycles. The number of fused-ring (bicyclic) bond motifs is 2. The van der Waals surface area contributed by atoms with Crippen molar-refractivity contribution in [3.05, 3.63) is 42.0 Å². The van der Waals surface area contributed by atoms with Crippen LogP contribution in [0.4, 0.5) is 17.1 Å². The van der Waals surface area contributed by atoms with Gasteiger partial charge in [0, 0.05) is 25.9 Å². The van der Waals surface area contributed by atoms with E-state index >= 15 is 0 Å². The van der Waals surface area contributed by atoms with Crippen molar-refractivity contribution in [1.82, 2.24) is 0 Å². The molecule has 2 aliphatic heterocycles. The molecule has 174 valence electrons. The van der Waals surface area contributed by atoms with Crippen molar-refractivity contribution in [2.24, 2.45) is 5.92 Å². The number of hydrogen-bond donors (Lipinski definition) is 0. The topological polar surface area (TPSA) is 78.0 Å². The highest BCUT2D eigenvalue weighted by Crippen LogP contribution is 2.42. The Balaban J connectivity index is 1.58. The average molecular weight is 468 g/mol. The zero-order valence-electron chi connectivity index (χ0n) is 19.2. The lowest BCUT2D eigenvalue weighted by molar-refractivity contribution is -0.120. The van der Waals surface area contributed by atoms with Crippen molar-refractivity contribution in [2.75, 3.05) is 33.5 Å². The van der Waals surface area contributed by atoms with Gasteiger partial charge >= 0.3 is 0 Å². The van der Waals surface area contributed by atoms with Crippen LogP contribution in [-0.2, 0) is 26.0 Å². The van der Waals surface area contributed by atoms with E-state index in [1.165, 1.54) is 10.6 Å². The second-order valence-electron chi connectivity index (χ2n) is 9.45. The van der Waals surface area contributed by atoms with Gasteiger partial charge in [-0.3, -0.25) is 13.9 Å². The first-order chi connectivity index (χ1) is 15.6. The molecule has 0 bridgehead atoms. The molecule has 3 aliphatic rings. The molecule has 1 aliphatic carbocycles. The van der Waals surface area contributed by atoms with Gasteiger partial charge in [0.1, 0.15) is 0 Å². The molecule has 2 aromatic rings. The van der Waals surface area contributed by atoms with Crippen molar-refractivity contribution in [2.45, 2.75) is 45.6 Å². The van der Waals surface area contributed by atoms with Crippen LogP contribution < -0.4 is 14.1 Å². The van der Waals surface area contributed by atoms with Crippen molar-refractivity contribution >= 4 is 38.9 Å². The molecule has 33 heavy (non-hydrogen) atoms. The average Bonchev–Trinajstić information content (AvgIpc) is 3.61. The lowest BCUT2D eigenvalue weighted by Gasteiger charge is -2.41. The molecule has 0 N–H and O–H groups in total. The Hall–Kier alpha value is -2.87. The van der Waals surface area contributed by atoms with Crippen LogP contribution in [0, 0.1) is 5.92 Å². The second-order valence-corrected chi connectivity index (χ2v) is 11.4. The summed E-state index contributed by atoms with van der Waals surface area (Å²) in [6.07, 6.45) is 4.70. The van der Waals surface area contributed by atoms with Crippen LogP contribution in [-0.4, -0.2) is 45.6 Å². The maximum Gasteiger partial charge on any atom is 0.232 e. The van der Waals surface area contributed by atoms with Gasteiger partial charge in [-0.2, -0.15) is 0 Å². The van der Waals surface area contributed by atoms with Gasteiger partial charge in [-0.25, -0.2) is 8.42 Å². The summed E-state index contributed by atoms with van der Waals surface area (Å²) in [5, 5.41) is 0. The number of amides is 2. The quantitative estimate of drug-likeness (QED) is 0.692. The van der Waals surface area contributed by atoms with Crippen molar-refractivity contribution in [3.63, 3.8) is 0 Å². The van der Waals surface area contributed by atoms with Crippen LogP contribution in [0.25, 0.3) is 11.1 Å². The molecule has 2 heterocycles. The third-order valence-electron chi connectivity index (χ3n) is 6.83. The third kappa shape index (κ3) is 3.90. The van der Waals surface area contributed by atoms with E-state index in [-0.39, 0.29) is 23.8 Å². The van der Waals surface area contributed by atoms with E-state index in [4.69, 9.17) is 0 Å². The number of carbonyl (C=O) groups is 2. The van der Waals surface area contributed by atoms with Crippen molar-refractivity contribution in [1.29, 1.82) is 0 Å². The number of rotatable bonds is 3. The fourth-order valence-electron chi connectivity index (χ4n) is 5.13. The number of sulfonamides is 1. The molecule has 0 spiro atoms. The first-order valence-electron chi connectivity index (χ1n) is 11.5. The van der Waals surface area contributed by atoms with E-state index in [1.54, 1.807) is 11.8 Å². The smallest absolute Gasteiger partial charge is 0.232 e. The van der Waals surface area contributed by atoms with E-state index in [2.05, 4.69) is 6.07 Å². The Morgan fingerprint density at radius 3 is 2.27 bits per heavy atom. The fraction of sp³-hybridized carbons (Fsp3) is 0.440. The molecule has 5 rings (SSSR count). The van der Waals surface area contributed by atoms with Crippen LogP contribution in [0.5, 0.6) is 0 Å². The summed E-state index contributed by atoms with van der Waals surface area (Å²) in [4.78, 5) is 29.1. The van der Waals surface area contributed by atoms with E-state index in [1.807, 2.05) is 42.2 Å². The number of aryl methyl sites for hydroxylation is 1. The highest BCUT2D eigenvalue weighted by molar-refractivity contribution is 7.92. The molecule has 0 saturated heterocycles. The van der Waals surface area contributed by atoms with E-state index in [0.717, 1.165) is 59.4 Å². The normalized spacial score (nSPS) is 20.3.